The lowest BCUT2D eigenvalue weighted by Gasteiger charge is -2.20. The summed E-state index contributed by atoms with van der Waals surface area (Å²) in [4.78, 5) is 2.28. The quantitative estimate of drug-likeness (QED) is 0.689. The molecule has 0 amide bonds. The lowest BCUT2D eigenvalue weighted by Crippen LogP contribution is -2.17. The van der Waals surface area contributed by atoms with Crippen LogP contribution in [0, 0.1) is 0 Å². The average molecular weight is 207 g/mol. The molecule has 3 nitrogen and oxygen atoms in total. The monoisotopic (exact) mass is 207 g/mol. The molecule has 0 spiro atoms. The van der Waals surface area contributed by atoms with E-state index in [1.165, 1.54) is 11.1 Å². The lowest BCUT2D eigenvalue weighted by atomic mass is 10.00. The third-order valence-electron chi connectivity index (χ3n) is 3.53. The Labute approximate surface area is 90.0 Å². The molecule has 0 aliphatic carbocycles. The maximum Gasteiger partial charge on any atom is 0.178 e. The molecule has 2 rings (SSSR count). The smallest absolute Gasteiger partial charge is 0.178 e. The second-order valence-electron chi connectivity index (χ2n) is 4.28. The summed E-state index contributed by atoms with van der Waals surface area (Å²) in [5, 5.41) is 18.2. The Morgan fingerprint density at radius 1 is 1.13 bits per heavy atom. The van der Waals surface area contributed by atoms with Crippen LogP contribution < -0.4 is 0 Å². The van der Waals surface area contributed by atoms with Crippen molar-refractivity contribution in [1.82, 2.24) is 4.90 Å². The van der Waals surface area contributed by atoms with Crippen molar-refractivity contribution in [3.63, 3.8) is 0 Å². The van der Waals surface area contributed by atoms with E-state index in [4.69, 9.17) is 10.2 Å². The largest absolute Gasteiger partial charge is 0.364 e. The van der Waals surface area contributed by atoms with E-state index < -0.39 is 6.29 Å². The predicted octanol–water partition coefficient (Wildman–Crippen LogP) is 1.74. The number of nitrogens with zero attached hydrogens (tertiary/aromatic N) is 1. The van der Waals surface area contributed by atoms with Gasteiger partial charge in [-0.1, -0.05) is 12.1 Å². The van der Waals surface area contributed by atoms with Crippen LogP contribution in [0.2, 0.25) is 0 Å². The van der Waals surface area contributed by atoms with Gasteiger partial charge in [-0.05, 0) is 38.1 Å². The molecule has 0 radical (unpaired) electrons. The maximum absolute atomic E-state index is 9.11. The van der Waals surface area contributed by atoms with Gasteiger partial charge < -0.3 is 10.2 Å². The van der Waals surface area contributed by atoms with Crippen molar-refractivity contribution in [2.75, 3.05) is 7.05 Å². The Kier molecular flexibility index (Phi) is 2.54. The SMILES string of the molecule is CC1c2ccc(C(O)O)cc2C(C)N1C. The van der Waals surface area contributed by atoms with Crippen LogP contribution >= 0.6 is 0 Å². The molecule has 0 aromatic heterocycles. The Morgan fingerprint density at radius 2 is 1.73 bits per heavy atom. The summed E-state index contributed by atoms with van der Waals surface area (Å²) in [6.45, 7) is 4.30. The topological polar surface area (TPSA) is 43.7 Å². The van der Waals surface area contributed by atoms with Gasteiger partial charge in [0.2, 0.25) is 0 Å². The number of hydrogen-bond donors (Lipinski definition) is 2. The highest BCUT2D eigenvalue weighted by atomic mass is 16.5. The Hall–Kier alpha value is -0.900. The van der Waals surface area contributed by atoms with Crippen molar-refractivity contribution in [3.8, 4) is 0 Å². The molecule has 15 heavy (non-hydrogen) atoms. The molecule has 1 aromatic rings. The second kappa shape index (κ2) is 3.59. The first-order chi connectivity index (χ1) is 7.02. The van der Waals surface area contributed by atoms with Gasteiger partial charge >= 0.3 is 0 Å². The fourth-order valence-corrected chi connectivity index (χ4v) is 2.27. The van der Waals surface area contributed by atoms with Gasteiger partial charge in [0, 0.05) is 17.6 Å². The maximum atomic E-state index is 9.11. The number of aliphatic hydroxyl groups is 2. The molecule has 0 saturated carbocycles. The predicted molar refractivity (Wildman–Crippen MR) is 58.2 cm³/mol. The summed E-state index contributed by atoms with van der Waals surface area (Å²) in [7, 11) is 2.09. The van der Waals surface area contributed by atoms with Crippen LogP contribution in [0.4, 0.5) is 0 Å². The first-order valence-electron chi connectivity index (χ1n) is 5.24. The standard InChI is InChI=1S/C12H17NO2/c1-7-10-5-4-9(12(14)15)6-11(10)8(2)13(7)3/h4-8,12,14-15H,1-3H3. The highest BCUT2D eigenvalue weighted by molar-refractivity contribution is 5.40. The fourth-order valence-electron chi connectivity index (χ4n) is 2.27. The molecule has 1 aromatic carbocycles. The molecule has 2 unspecified atom stereocenters. The Balaban J connectivity index is 2.47. The third kappa shape index (κ3) is 1.57. The minimum Gasteiger partial charge on any atom is -0.364 e. The summed E-state index contributed by atoms with van der Waals surface area (Å²) >= 11 is 0. The highest BCUT2D eigenvalue weighted by Crippen LogP contribution is 2.40. The molecular formula is C12H17NO2. The second-order valence-corrected chi connectivity index (χ2v) is 4.28. The number of aliphatic hydroxyl groups excluding tert-OH is 1. The zero-order valence-corrected chi connectivity index (χ0v) is 9.31. The van der Waals surface area contributed by atoms with Crippen LogP contribution in [0.25, 0.3) is 0 Å². The lowest BCUT2D eigenvalue weighted by molar-refractivity contribution is -0.0425. The van der Waals surface area contributed by atoms with E-state index in [9.17, 15) is 0 Å². The molecule has 82 valence electrons. The molecule has 0 saturated heterocycles. The van der Waals surface area contributed by atoms with Gasteiger partial charge in [-0.3, -0.25) is 4.90 Å². The van der Waals surface area contributed by atoms with E-state index in [0.29, 0.717) is 17.6 Å². The van der Waals surface area contributed by atoms with E-state index in [1.807, 2.05) is 12.1 Å². The third-order valence-corrected chi connectivity index (χ3v) is 3.53. The first-order valence-corrected chi connectivity index (χ1v) is 5.24. The summed E-state index contributed by atoms with van der Waals surface area (Å²) in [6, 6.07) is 6.42. The fraction of sp³-hybridized carbons (Fsp3) is 0.500. The summed E-state index contributed by atoms with van der Waals surface area (Å²) in [5.74, 6) is 0. The first kappa shape index (κ1) is 10.6. The Morgan fingerprint density at radius 3 is 2.33 bits per heavy atom. The van der Waals surface area contributed by atoms with Gasteiger partial charge in [-0.2, -0.15) is 0 Å². The van der Waals surface area contributed by atoms with Gasteiger partial charge in [0.1, 0.15) is 0 Å². The molecule has 1 heterocycles. The molecule has 0 bridgehead atoms. The number of fused-ring (bicyclic) bond motifs is 1. The molecular weight excluding hydrogens is 190 g/mol. The Bertz CT molecular complexity index is 376. The van der Waals surface area contributed by atoms with Crippen LogP contribution in [0.1, 0.15) is 48.9 Å². The number of benzene rings is 1. The molecule has 3 heteroatoms. The van der Waals surface area contributed by atoms with E-state index in [1.54, 1.807) is 6.07 Å². The summed E-state index contributed by atoms with van der Waals surface area (Å²) < 4.78 is 0. The number of hydrogen-bond acceptors (Lipinski definition) is 3. The molecule has 2 N–H and O–H groups in total. The molecule has 1 aliphatic heterocycles. The van der Waals surface area contributed by atoms with E-state index >= 15 is 0 Å². The van der Waals surface area contributed by atoms with Gasteiger partial charge in [-0.25, -0.2) is 0 Å². The van der Waals surface area contributed by atoms with Crippen LogP contribution in [-0.2, 0) is 0 Å². The number of rotatable bonds is 1. The molecule has 0 fully saturated rings. The van der Waals surface area contributed by atoms with Crippen LogP contribution in [0.15, 0.2) is 18.2 Å². The van der Waals surface area contributed by atoms with E-state index in [2.05, 4.69) is 25.8 Å². The van der Waals surface area contributed by atoms with Crippen molar-refractivity contribution in [1.29, 1.82) is 0 Å². The van der Waals surface area contributed by atoms with Crippen molar-refractivity contribution in [2.24, 2.45) is 0 Å². The van der Waals surface area contributed by atoms with Crippen molar-refractivity contribution >= 4 is 0 Å². The van der Waals surface area contributed by atoms with Gasteiger partial charge in [0.25, 0.3) is 0 Å². The minimum absolute atomic E-state index is 0.341. The van der Waals surface area contributed by atoms with Crippen LogP contribution in [0.3, 0.4) is 0 Å². The van der Waals surface area contributed by atoms with Gasteiger partial charge in [-0.15, -0.1) is 0 Å². The minimum atomic E-state index is -1.37. The van der Waals surface area contributed by atoms with Crippen LogP contribution in [0.5, 0.6) is 0 Å². The molecule has 2 atom stereocenters. The average Bonchev–Trinajstić information content (AvgIpc) is 2.44. The normalized spacial score (nSPS) is 26.0. The highest BCUT2D eigenvalue weighted by Gasteiger charge is 2.30. The van der Waals surface area contributed by atoms with Gasteiger partial charge in [0.05, 0.1) is 0 Å². The zero-order chi connectivity index (χ0) is 11.2. The zero-order valence-electron chi connectivity index (χ0n) is 9.31. The van der Waals surface area contributed by atoms with Gasteiger partial charge in [0.15, 0.2) is 6.29 Å². The summed E-state index contributed by atoms with van der Waals surface area (Å²) in [6.07, 6.45) is -1.37. The van der Waals surface area contributed by atoms with E-state index in [0.717, 1.165) is 0 Å². The van der Waals surface area contributed by atoms with E-state index in [-0.39, 0.29) is 0 Å². The van der Waals surface area contributed by atoms with Crippen molar-refractivity contribution < 1.29 is 10.2 Å². The summed E-state index contributed by atoms with van der Waals surface area (Å²) in [5.41, 5.74) is 3.06. The van der Waals surface area contributed by atoms with Crippen LogP contribution in [-0.4, -0.2) is 22.2 Å². The van der Waals surface area contributed by atoms with Crippen molar-refractivity contribution in [2.45, 2.75) is 32.2 Å². The van der Waals surface area contributed by atoms with Crippen molar-refractivity contribution in [3.05, 3.63) is 34.9 Å². The molecule has 1 aliphatic rings.